The number of rotatable bonds is 5. The molecule has 25 heavy (non-hydrogen) atoms. The van der Waals surface area contributed by atoms with Crippen LogP contribution in [0.1, 0.15) is 21.6 Å². The molecule has 0 spiro atoms. The molecule has 0 saturated carbocycles. The number of methoxy groups -OCH3 is 2. The average molecular weight is 342 g/mol. The van der Waals surface area contributed by atoms with Crippen molar-refractivity contribution in [1.82, 2.24) is 10.3 Å². The third kappa shape index (κ3) is 3.28. The van der Waals surface area contributed by atoms with E-state index in [9.17, 15) is 9.18 Å². The molecule has 0 bridgehead atoms. The van der Waals surface area contributed by atoms with E-state index in [1.165, 1.54) is 12.1 Å². The normalized spacial score (nSPS) is 10.7. The summed E-state index contributed by atoms with van der Waals surface area (Å²) in [6.07, 6.45) is 0. The molecule has 0 radical (unpaired) electrons. The fraction of sp³-hybridized carbons (Fsp3) is 0.211. The molecule has 130 valence electrons. The van der Waals surface area contributed by atoms with Crippen molar-refractivity contribution < 1.29 is 18.7 Å². The van der Waals surface area contributed by atoms with Gasteiger partial charge < -0.3 is 19.8 Å². The number of amides is 1. The van der Waals surface area contributed by atoms with Crippen molar-refractivity contribution in [3.05, 3.63) is 59.0 Å². The molecule has 0 atom stereocenters. The van der Waals surface area contributed by atoms with Crippen LogP contribution in [-0.2, 0) is 6.54 Å². The van der Waals surface area contributed by atoms with E-state index < -0.39 is 0 Å². The number of nitrogens with one attached hydrogen (secondary N) is 2. The van der Waals surface area contributed by atoms with Crippen molar-refractivity contribution in [3.8, 4) is 11.5 Å². The van der Waals surface area contributed by atoms with E-state index in [0.717, 1.165) is 16.5 Å². The van der Waals surface area contributed by atoms with Gasteiger partial charge in [0.15, 0.2) is 11.5 Å². The Morgan fingerprint density at radius 3 is 2.60 bits per heavy atom. The summed E-state index contributed by atoms with van der Waals surface area (Å²) in [4.78, 5) is 15.5. The number of aromatic amines is 1. The van der Waals surface area contributed by atoms with Crippen LogP contribution >= 0.6 is 0 Å². The highest BCUT2D eigenvalue weighted by Crippen LogP contribution is 2.27. The molecular formula is C19H19FN2O3. The molecule has 0 saturated heterocycles. The molecule has 0 aliphatic heterocycles. The Morgan fingerprint density at radius 2 is 1.88 bits per heavy atom. The maximum absolute atomic E-state index is 13.3. The van der Waals surface area contributed by atoms with Crippen molar-refractivity contribution >= 4 is 16.8 Å². The van der Waals surface area contributed by atoms with Crippen LogP contribution in [0.15, 0.2) is 36.4 Å². The molecule has 0 unspecified atom stereocenters. The van der Waals surface area contributed by atoms with Crippen LogP contribution in [0, 0.1) is 12.7 Å². The van der Waals surface area contributed by atoms with Gasteiger partial charge in [-0.2, -0.15) is 0 Å². The number of carbonyl (C=O) groups excluding carboxylic acids is 1. The van der Waals surface area contributed by atoms with Crippen molar-refractivity contribution in [1.29, 1.82) is 0 Å². The molecule has 0 aliphatic carbocycles. The van der Waals surface area contributed by atoms with Crippen LogP contribution in [0.2, 0.25) is 0 Å². The first-order valence-corrected chi connectivity index (χ1v) is 7.80. The van der Waals surface area contributed by atoms with Crippen molar-refractivity contribution in [2.45, 2.75) is 13.5 Å². The number of hydrogen-bond donors (Lipinski definition) is 2. The Morgan fingerprint density at radius 1 is 1.12 bits per heavy atom. The number of aromatic nitrogens is 1. The zero-order chi connectivity index (χ0) is 18.0. The van der Waals surface area contributed by atoms with E-state index in [1.54, 1.807) is 26.4 Å². The number of benzene rings is 2. The lowest BCUT2D eigenvalue weighted by atomic mass is 10.1. The summed E-state index contributed by atoms with van der Waals surface area (Å²) in [6.45, 7) is 2.17. The number of halogens is 1. The molecule has 1 heterocycles. The van der Waals surface area contributed by atoms with E-state index in [-0.39, 0.29) is 11.7 Å². The first kappa shape index (κ1) is 16.8. The minimum absolute atomic E-state index is 0.246. The van der Waals surface area contributed by atoms with E-state index in [4.69, 9.17) is 9.47 Å². The second-order valence-electron chi connectivity index (χ2n) is 5.69. The zero-order valence-corrected chi connectivity index (χ0v) is 14.3. The Kier molecular flexibility index (Phi) is 4.61. The molecule has 1 aromatic heterocycles. The topological polar surface area (TPSA) is 63.3 Å². The third-order valence-electron chi connectivity index (χ3n) is 4.15. The summed E-state index contributed by atoms with van der Waals surface area (Å²) in [7, 11) is 3.13. The molecule has 1 amide bonds. The minimum Gasteiger partial charge on any atom is -0.493 e. The van der Waals surface area contributed by atoms with Crippen LogP contribution in [0.25, 0.3) is 10.9 Å². The summed E-state index contributed by atoms with van der Waals surface area (Å²) in [5, 5.41) is 3.69. The van der Waals surface area contributed by atoms with Gasteiger partial charge in [0, 0.05) is 17.4 Å². The summed E-state index contributed by atoms with van der Waals surface area (Å²) >= 11 is 0. The lowest BCUT2D eigenvalue weighted by Gasteiger charge is -2.10. The van der Waals surface area contributed by atoms with Crippen molar-refractivity contribution in [2.75, 3.05) is 14.2 Å². The predicted octanol–water partition coefficient (Wildman–Crippen LogP) is 3.56. The van der Waals surface area contributed by atoms with Crippen LogP contribution in [0.3, 0.4) is 0 Å². The van der Waals surface area contributed by atoms with Crippen molar-refractivity contribution in [2.24, 2.45) is 0 Å². The van der Waals surface area contributed by atoms with Gasteiger partial charge in [-0.15, -0.1) is 0 Å². The van der Waals surface area contributed by atoms with Crippen LogP contribution in [0.4, 0.5) is 4.39 Å². The van der Waals surface area contributed by atoms with Crippen LogP contribution in [0.5, 0.6) is 11.5 Å². The predicted molar refractivity (Wildman–Crippen MR) is 93.7 cm³/mol. The monoisotopic (exact) mass is 342 g/mol. The smallest absolute Gasteiger partial charge is 0.268 e. The molecule has 3 rings (SSSR count). The largest absolute Gasteiger partial charge is 0.493 e. The highest BCUT2D eigenvalue weighted by atomic mass is 19.1. The molecule has 6 heteroatoms. The molecule has 0 aliphatic rings. The van der Waals surface area contributed by atoms with Gasteiger partial charge in [0.2, 0.25) is 0 Å². The van der Waals surface area contributed by atoms with E-state index in [0.29, 0.717) is 29.3 Å². The number of ether oxygens (including phenoxy) is 2. The number of H-pyrrole nitrogens is 1. The van der Waals surface area contributed by atoms with Gasteiger partial charge in [0.1, 0.15) is 11.5 Å². The zero-order valence-electron chi connectivity index (χ0n) is 14.3. The lowest BCUT2D eigenvalue weighted by Crippen LogP contribution is -2.23. The SMILES string of the molecule is COc1ccc(CNC(=O)c2[nH]c3cc(F)ccc3c2C)cc1OC. The van der Waals surface area contributed by atoms with Crippen LogP contribution in [-0.4, -0.2) is 25.1 Å². The Labute approximate surface area is 144 Å². The highest BCUT2D eigenvalue weighted by molar-refractivity contribution is 6.00. The Balaban J connectivity index is 1.78. The second kappa shape index (κ2) is 6.84. The molecule has 2 aromatic carbocycles. The number of aryl methyl sites for hydroxylation is 1. The summed E-state index contributed by atoms with van der Waals surface area (Å²) in [5.41, 5.74) is 2.71. The van der Waals surface area contributed by atoms with E-state index in [2.05, 4.69) is 10.3 Å². The lowest BCUT2D eigenvalue weighted by molar-refractivity contribution is 0.0946. The first-order valence-electron chi connectivity index (χ1n) is 7.80. The van der Waals surface area contributed by atoms with Gasteiger partial charge >= 0.3 is 0 Å². The number of carbonyl (C=O) groups is 1. The maximum Gasteiger partial charge on any atom is 0.268 e. The summed E-state index contributed by atoms with van der Waals surface area (Å²) < 4.78 is 23.8. The van der Waals surface area contributed by atoms with Gasteiger partial charge in [-0.1, -0.05) is 6.07 Å². The summed E-state index contributed by atoms with van der Waals surface area (Å²) in [6, 6.07) is 9.89. The molecular weight excluding hydrogens is 323 g/mol. The molecule has 0 fully saturated rings. The van der Waals surface area contributed by atoms with Crippen LogP contribution < -0.4 is 14.8 Å². The van der Waals surface area contributed by atoms with E-state index >= 15 is 0 Å². The first-order chi connectivity index (χ1) is 12.0. The standard InChI is InChI=1S/C19H19FN2O3/c1-11-14-6-5-13(20)9-15(14)22-18(11)19(23)21-10-12-4-7-16(24-2)17(8-12)25-3/h4-9,22H,10H2,1-3H3,(H,21,23). The van der Waals surface area contributed by atoms with Gasteiger partial charge in [0.25, 0.3) is 5.91 Å². The number of fused-ring (bicyclic) bond motifs is 1. The quantitative estimate of drug-likeness (QED) is 0.745. The highest BCUT2D eigenvalue weighted by Gasteiger charge is 2.15. The Bertz CT molecular complexity index is 934. The second-order valence-corrected chi connectivity index (χ2v) is 5.69. The maximum atomic E-state index is 13.3. The fourth-order valence-corrected chi connectivity index (χ4v) is 2.80. The Hall–Kier alpha value is -3.02. The van der Waals surface area contributed by atoms with Gasteiger partial charge in [0.05, 0.1) is 14.2 Å². The fourth-order valence-electron chi connectivity index (χ4n) is 2.80. The number of hydrogen-bond acceptors (Lipinski definition) is 3. The average Bonchev–Trinajstić information content (AvgIpc) is 2.95. The minimum atomic E-state index is -0.342. The van der Waals surface area contributed by atoms with Gasteiger partial charge in [-0.25, -0.2) is 4.39 Å². The van der Waals surface area contributed by atoms with Crippen molar-refractivity contribution in [3.63, 3.8) is 0 Å². The van der Waals surface area contributed by atoms with Gasteiger partial charge in [-0.3, -0.25) is 4.79 Å². The molecule has 3 aromatic rings. The molecule has 2 N–H and O–H groups in total. The van der Waals surface area contributed by atoms with E-state index in [1.807, 2.05) is 19.1 Å². The summed E-state index contributed by atoms with van der Waals surface area (Å²) in [5.74, 6) is 0.646. The van der Waals surface area contributed by atoms with Gasteiger partial charge in [-0.05, 0) is 48.4 Å². The third-order valence-corrected chi connectivity index (χ3v) is 4.15. The molecule has 5 nitrogen and oxygen atoms in total.